The smallest absolute Gasteiger partial charge is 0.223 e. The maximum absolute atomic E-state index is 12.8. The Hall–Kier alpha value is -2.17. The summed E-state index contributed by atoms with van der Waals surface area (Å²) in [6.07, 6.45) is 5.17. The summed E-state index contributed by atoms with van der Waals surface area (Å²) in [6.45, 7) is 8.19. The summed E-state index contributed by atoms with van der Waals surface area (Å²) in [6, 6.07) is 8.38. The van der Waals surface area contributed by atoms with Gasteiger partial charge in [0.05, 0.1) is 6.04 Å². The maximum Gasteiger partial charge on any atom is 0.223 e. The number of carbonyl (C=O) groups excluding carboxylic acids is 1. The van der Waals surface area contributed by atoms with E-state index in [9.17, 15) is 4.79 Å². The van der Waals surface area contributed by atoms with Gasteiger partial charge in [-0.1, -0.05) is 38.1 Å². The zero-order valence-corrected chi connectivity index (χ0v) is 15.5. The van der Waals surface area contributed by atoms with Crippen molar-refractivity contribution in [3.05, 3.63) is 47.5 Å². The van der Waals surface area contributed by atoms with Crippen molar-refractivity contribution in [2.24, 2.45) is 5.92 Å². The molecule has 1 fully saturated rings. The second kappa shape index (κ2) is 7.81. The first kappa shape index (κ1) is 17.6. The largest absolute Gasteiger partial charge is 0.332 e. The molecule has 1 amide bonds. The van der Waals surface area contributed by atoms with Crippen molar-refractivity contribution in [2.75, 3.05) is 6.54 Å². The molecular formula is C20H28N4O. The molecule has 1 aromatic carbocycles. The van der Waals surface area contributed by atoms with Crippen LogP contribution in [0.15, 0.2) is 30.6 Å². The second-order valence-corrected chi connectivity index (χ2v) is 7.41. The highest BCUT2D eigenvalue weighted by Gasteiger charge is 2.33. The van der Waals surface area contributed by atoms with Crippen LogP contribution >= 0.6 is 0 Å². The molecule has 0 spiro atoms. The van der Waals surface area contributed by atoms with Crippen molar-refractivity contribution < 1.29 is 4.79 Å². The fourth-order valence-corrected chi connectivity index (χ4v) is 3.67. The lowest BCUT2D eigenvalue weighted by atomic mass is 10.0. The van der Waals surface area contributed by atoms with Crippen molar-refractivity contribution in [1.29, 1.82) is 0 Å². The van der Waals surface area contributed by atoms with Gasteiger partial charge >= 0.3 is 0 Å². The van der Waals surface area contributed by atoms with E-state index in [2.05, 4.69) is 47.7 Å². The number of hydrogen-bond donors (Lipinski definition) is 0. The molecule has 1 unspecified atom stereocenters. The average Bonchev–Trinajstić information content (AvgIpc) is 3.22. The average molecular weight is 340 g/mol. The molecule has 0 bridgehead atoms. The van der Waals surface area contributed by atoms with Crippen LogP contribution in [-0.2, 0) is 17.8 Å². The molecular weight excluding hydrogens is 312 g/mol. The SMILES string of the molecule is Cc1ccccc1CCC(=O)N1CCCC1c1nncn1CC(C)C. The van der Waals surface area contributed by atoms with Crippen LogP contribution in [0.1, 0.15) is 56.1 Å². The molecule has 5 nitrogen and oxygen atoms in total. The zero-order valence-electron chi connectivity index (χ0n) is 15.5. The fraction of sp³-hybridized carbons (Fsp3) is 0.550. The number of rotatable bonds is 6. The van der Waals surface area contributed by atoms with Crippen LogP contribution < -0.4 is 0 Å². The standard InChI is InChI=1S/C20H28N4O/c1-15(2)13-23-14-21-22-20(23)18-9-6-12-24(18)19(25)11-10-17-8-5-4-7-16(17)3/h4-5,7-8,14-15,18H,6,9-13H2,1-3H3. The van der Waals surface area contributed by atoms with Crippen LogP contribution in [0.5, 0.6) is 0 Å². The van der Waals surface area contributed by atoms with Crippen molar-refractivity contribution in [2.45, 2.75) is 59.0 Å². The van der Waals surface area contributed by atoms with E-state index in [4.69, 9.17) is 0 Å². The topological polar surface area (TPSA) is 51.0 Å². The van der Waals surface area contributed by atoms with Gasteiger partial charge in [0.15, 0.2) is 5.82 Å². The summed E-state index contributed by atoms with van der Waals surface area (Å²) in [5, 5.41) is 8.43. The third-order valence-corrected chi connectivity index (χ3v) is 4.95. The minimum Gasteiger partial charge on any atom is -0.332 e. The Morgan fingerprint density at radius 2 is 2.12 bits per heavy atom. The Bertz CT molecular complexity index is 722. The van der Waals surface area contributed by atoms with Crippen molar-refractivity contribution in [3.63, 3.8) is 0 Å². The van der Waals surface area contributed by atoms with Gasteiger partial charge in [-0.2, -0.15) is 0 Å². The van der Waals surface area contributed by atoms with Crippen LogP contribution in [0.4, 0.5) is 0 Å². The number of aryl methyl sites for hydroxylation is 2. The third-order valence-electron chi connectivity index (χ3n) is 4.95. The lowest BCUT2D eigenvalue weighted by Gasteiger charge is -2.25. The molecule has 1 saturated heterocycles. The van der Waals surface area contributed by atoms with Gasteiger partial charge in [-0.15, -0.1) is 10.2 Å². The molecule has 0 aliphatic carbocycles. The van der Waals surface area contributed by atoms with Crippen LogP contribution in [0.25, 0.3) is 0 Å². The number of likely N-dealkylation sites (tertiary alicyclic amines) is 1. The van der Waals surface area contributed by atoms with Gasteiger partial charge in [0.1, 0.15) is 6.33 Å². The molecule has 1 aliphatic rings. The summed E-state index contributed by atoms with van der Waals surface area (Å²) in [5.74, 6) is 1.70. The Morgan fingerprint density at radius 1 is 1.32 bits per heavy atom. The first-order valence-electron chi connectivity index (χ1n) is 9.28. The number of nitrogens with zero attached hydrogens (tertiary/aromatic N) is 4. The fourth-order valence-electron chi connectivity index (χ4n) is 3.67. The van der Waals surface area contributed by atoms with Gasteiger partial charge in [-0.25, -0.2) is 0 Å². The van der Waals surface area contributed by atoms with E-state index in [1.807, 2.05) is 17.0 Å². The lowest BCUT2D eigenvalue weighted by molar-refractivity contribution is -0.132. The number of carbonyl (C=O) groups is 1. The monoisotopic (exact) mass is 340 g/mol. The lowest BCUT2D eigenvalue weighted by Crippen LogP contribution is -2.32. The molecule has 1 aromatic heterocycles. The molecule has 2 heterocycles. The predicted molar refractivity (Wildman–Crippen MR) is 98.0 cm³/mol. The Morgan fingerprint density at radius 3 is 2.88 bits per heavy atom. The minimum absolute atomic E-state index is 0.0746. The summed E-state index contributed by atoms with van der Waals surface area (Å²) >= 11 is 0. The Labute approximate surface area is 150 Å². The van der Waals surface area contributed by atoms with Gasteiger partial charge in [0.2, 0.25) is 5.91 Å². The highest BCUT2D eigenvalue weighted by atomic mass is 16.2. The van der Waals surface area contributed by atoms with Gasteiger partial charge in [0.25, 0.3) is 0 Å². The van der Waals surface area contributed by atoms with Gasteiger partial charge in [0, 0.05) is 19.5 Å². The minimum atomic E-state index is 0.0746. The van der Waals surface area contributed by atoms with Gasteiger partial charge in [-0.3, -0.25) is 4.79 Å². The van der Waals surface area contributed by atoms with E-state index in [1.54, 1.807) is 6.33 Å². The van der Waals surface area contributed by atoms with E-state index in [1.165, 1.54) is 11.1 Å². The van der Waals surface area contributed by atoms with Crippen LogP contribution in [0, 0.1) is 12.8 Å². The molecule has 5 heteroatoms. The summed E-state index contributed by atoms with van der Waals surface area (Å²) in [5.41, 5.74) is 2.51. The summed E-state index contributed by atoms with van der Waals surface area (Å²) in [4.78, 5) is 14.9. The molecule has 0 N–H and O–H groups in total. The Balaban J connectivity index is 1.68. The second-order valence-electron chi connectivity index (χ2n) is 7.41. The molecule has 1 aliphatic heterocycles. The molecule has 3 rings (SSSR count). The van der Waals surface area contributed by atoms with Crippen LogP contribution in [-0.4, -0.2) is 32.1 Å². The van der Waals surface area contributed by atoms with Crippen molar-refractivity contribution in [3.8, 4) is 0 Å². The quantitative estimate of drug-likeness (QED) is 0.808. The molecule has 134 valence electrons. The molecule has 2 aromatic rings. The highest BCUT2D eigenvalue weighted by molar-refractivity contribution is 5.77. The zero-order chi connectivity index (χ0) is 17.8. The van der Waals surface area contributed by atoms with Gasteiger partial charge in [-0.05, 0) is 43.2 Å². The third kappa shape index (κ3) is 4.09. The van der Waals surface area contributed by atoms with E-state index >= 15 is 0 Å². The molecule has 25 heavy (non-hydrogen) atoms. The van der Waals surface area contributed by atoms with Crippen LogP contribution in [0.2, 0.25) is 0 Å². The van der Waals surface area contributed by atoms with Crippen molar-refractivity contribution >= 4 is 5.91 Å². The number of hydrogen-bond acceptors (Lipinski definition) is 3. The predicted octanol–water partition coefficient (Wildman–Crippen LogP) is 3.54. The van der Waals surface area contributed by atoms with Crippen molar-refractivity contribution in [1.82, 2.24) is 19.7 Å². The number of benzene rings is 1. The Kier molecular flexibility index (Phi) is 5.51. The highest BCUT2D eigenvalue weighted by Crippen LogP contribution is 2.31. The summed E-state index contributed by atoms with van der Waals surface area (Å²) in [7, 11) is 0. The van der Waals surface area contributed by atoms with Crippen LogP contribution in [0.3, 0.4) is 0 Å². The number of aromatic nitrogens is 3. The van der Waals surface area contributed by atoms with E-state index in [0.29, 0.717) is 12.3 Å². The summed E-state index contributed by atoms with van der Waals surface area (Å²) < 4.78 is 2.11. The van der Waals surface area contributed by atoms with Gasteiger partial charge < -0.3 is 9.47 Å². The van der Waals surface area contributed by atoms with E-state index in [-0.39, 0.29) is 11.9 Å². The normalized spacial score (nSPS) is 17.4. The molecule has 1 atom stereocenters. The first-order valence-corrected chi connectivity index (χ1v) is 9.28. The van der Waals surface area contributed by atoms with E-state index in [0.717, 1.165) is 38.2 Å². The number of amides is 1. The molecule has 0 saturated carbocycles. The first-order chi connectivity index (χ1) is 12.1. The maximum atomic E-state index is 12.8. The van der Waals surface area contributed by atoms with E-state index < -0.39 is 0 Å². The molecule has 0 radical (unpaired) electrons.